The molecule has 0 aliphatic carbocycles. The zero-order chi connectivity index (χ0) is 19.6. The first-order valence-electron chi connectivity index (χ1n) is 9.08. The van der Waals surface area contributed by atoms with Crippen molar-refractivity contribution in [3.05, 3.63) is 71.8 Å². The normalized spacial score (nSPS) is 14.2. The molecule has 2 rings (SSSR count). The van der Waals surface area contributed by atoms with Gasteiger partial charge in [-0.15, -0.1) is 0 Å². The van der Waals surface area contributed by atoms with Gasteiger partial charge in [-0.05, 0) is 31.0 Å². The van der Waals surface area contributed by atoms with Crippen LogP contribution in [0.2, 0.25) is 0 Å². The van der Waals surface area contributed by atoms with E-state index in [-0.39, 0.29) is 5.78 Å². The third-order valence-electron chi connectivity index (χ3n) is 4.39. The number of aliphatic hydroxyl groups is 1. The van der Waals surface area contributed by atoms with E-state index in [0.29, 0.717) is 25.2 Å². The molecule has 0 bridgehead atoms. The van der Waals surface area contributed by atoms with Crippen molar-refractivity contribution in [3.63, 3.8) is 0 Å². The molecule has 0 aromatic heterocycles. The van der Waals surface area contributed by atoms with Crippen LogP contribution in [-0.2, 0) is 20.9 Å². The maximum atomic E-state index is 12.4. The molecule has 0 fully saturated rings. The summed E-state index contributed by atoms with van der Waals surface area (Å²) in [6, 6.07) is 18.2. The maximum Gasteiger partial charge on any atom is 0.338 e. The minimum Gasteiger partial charge on any atom is -0.451 e. The molecule has 27 heavy (non-hydrogen) atoms. The van der Waals surface area contributed by atoms with Gasteiger partial charge in [0.15, 0.2) is 11.9 Å². The summed E-state index contributed by atoms with van der Waals surface area (Å²) >= 11 is 0. The van der Waals surface area contributed by atoms with Crippen LogP contribution in [0.1, 0.15) is 36.2 Å². The molecule has 2 aromatic carbocycles. The van der Waals surface area contributed by atoms with Crippen LogP contribution in [-0.4, -0.2) is 35.7 Å². The maximum absolute atomic E-state index is 12.4. The minimum absolute atomic E-state index is 0.310. The van der Waals surface area contributed by atoms with Crippen molar-refractivity contribution >= 4 is 11.8 Å². The summed E-state index contributed by atoms with van der Waals surface area (Å²) in [6.45, 7) is 3.96. The van der Waals surface area contributed by atoms with Crippen molar-refractivity contribution in [1.82, 2.24) is 0 Å². The number of hydrogen-bond donors (Lipinski definition) is 1. The van der Waals surface area contributed by atoms with E-state index < -0.39 is 24.1 Å². The Morgan fingerprint density at radius 2 is 1.56 bits per heavy atom. The molecule has 0 aliphatic heterocycles. The summed E-state index contributed by atoms with van der Waals surface area (Å²) in [6.07, 6.45) is -1.45. The second kappa shape index (κ2) is 10.6. The highest BCUT2D eigenvalue weighted by atomic mass is 16.5. The Morgan fingerprint density at radius 1 is 0.963 bits per heavy atom. The Labute approximate surface area is 159 Å². The molecule has 0 radical (unpaired) electrons. The van der Waals surface area contributed by atoms with Crippen molar-refractivity contribution in [2.45, 2.75) is 39.1 Å². The average Bonchev–Trinajstić information content (AvgIpc) is 2.71. The molecular formula is C22H26O5. The number of esters is 1. The van der Waals surface area contributed by atoms with Crippen molar-refractivity contribution < 1.29 is 24.2 Å². The lowest BCUT2D eigenvalue weighted by atomic mass is 9.94. The van der Waals surface area contributed by atoms with Crippen LogP contribution in [0.15, 0.2) is 60.7 Å². The highest BCUT2D eigenvalue weighted by Crippen LogP contribution is 2.14. The molecule has 5 heteroatoms. The number of hydrogen-bond acceptors (Lipinski definition) is 5. The minimum atomic E-state index is -0.924. The van der Waals surface area contributed by atoms with Gasteiger partial charge >= 0.3 is 5.97 Å². The Kier molecular flexibility index (Phi) is 8.17. The monoisotopic (exact) mass is 370 g/mol. The second-order valence-electron chi connectivity index (χ2n) is 6.50. The van der Waals surface area contributed by atoms with Gasteiger partial charge in [0.25, 0.3) is 0 Å². The predicted molar refractivity (Wildman–Crippen MR) is 102 cm³/mol. The Hall–Kier alpha value is -2.50. The third-order valence-corrected chi connectivity index (χ3v) is 4.39. The first-order chi connectivity index (χ1) is 13.0. The van der Waals surface area contributed by atoms with Gasteiger partial charge in [0.1, 0.15) is 0 Å². The number of ketones is 1. The zero-order valence-electron chi connectivity index (χ0n) is 15.7. The van der Waals surface area contributed by atoms with E-state index in [0.717, 1.165) is 5.56 Å². The number of aliphatic hydroxyl groups excluding tert-OH is 1. The summed E-state index contributed by atoms with van der Waals surface area (Å²) in [5, 5.41) is 10.2. The molecule has 144 valence electrons. The summed E-state index contributed by atoms with van der Waals surface area (Å²) in [4.78, 5) is 24.5. The van der Waals surface area contributed by atoms with Crippen LogP contribution in [0.5, 0.6) is 0 Å². The first kappa shape index (κ1) is 20.8. The number of Topliss-reactive ketones (excluding diaryl/α,β-unsaturated/α-hetero) is 1. The van der Waals surface area contributed by atoms with Gasteiger partial charge in [-0.2, -0.15) is 0 Å². The molecule has 0 unspecified atom stereocenters. The molecule has 0 spiro atoms. The van der Waals surface area contributed by atoms with Crippen molar-refractivity contribution in [2.24, 2.45) is 5.92 Å². The number of ether oxygens (including phenoxy) is 2. The summed E-state index contributed by atoms with van der Waals surface area (Å²) in [5.74, 6) is -1.51. The van der Waals surface area contributed by atoms with Crippen molar-refractivity contribution in [3.8, 4) is 0 Å². The summed E-state index contributed by atoms with van der Waals surface area (Å²) in [7, 11) is 0. The van der Waals surface area contributed by atoms with Crippen LogP contribution in [0.25, 0.3) is 0 Å². The lowest BCUT2D eigenvalue weighted by Gasteiger charge is -2.21. The lowest BCUT2D eigenvalue weighted by Crippen LogP contribution is -2.35. The molecule has 1 N–H and O–H groups in total. The van der Waals surface area contributed by atoms with E-state index >= 15 is 0 Å². The molecule has 0 amide bonds. The standard InChI is InChI=1S/C22H26O5/c1-16(20(23)13-14-26-15-18-9-5-3-6-10-18)21(24)17(2)27-22(25)19-11-7-4-8-12-19/h3-12,16-17,20,23H,13-15H2,1-2H3/t16-,17+,20-/m1/s1. The van der Waals surface area contributed by atoms with Gasteiger partial charge < -0.3 is 14.6 Å². The average molecular weight is 370 g/mol. The van der Waals surface area contributed by atoms with E-state index in [1.165, 1.54) is 6.92 Å². The molecule has 3 atom stereocenters. The molecular weight excluding hydrogens is 344 g/mol. The van der Waals surface area contributed by atoms with E-state index in [4.69, 9.17) is 9.47 Å². The fourth-order valence-electron chi connectivity index (χ4n) is 2.64. The molecule has 5 nitrogen and oxygen atoms in total. The topological polar surface area (TPSA) is 72.8 Å². The van der Waals surface area contributed by atoms with Crippen molar-refractivity contribution in [1.29, 1.82) is 0 Å². The van der Waals surface area contributed by atoms with Crippen LogP contribution < -0.4 is 0 Å². The van der Waals surface area contributed by atoms with E-state index in [1.807, 2.05) is 30.3 Å². The highest BCUT2D eigenvalue weighted by Gasteiger charge is 2.28. The van der Waals surface area contributed by atoms with Crippen LogP contribution in [0.3, 0.4) is 0 Å². The van der Waals surface area contributed by atoms with E-state index in [1.54, 1.807) is 37.3 Å². The van der Waals surface area contributed by atoms with E-state index in [9.17, 15) is 14.7 Å². The second-order valence-corrected chi connectivity index (χ2v) is 6.50. The Morgan fingerprint density at radius 3 is 2.19 bits per heavy atom. The SMILES string of the molecule is C[C@H](OC(=O)c1ccccc1)C(=O)[C@H](C)[C@H](O)CCOCc1ccccc1. The molecule has 0 aliphatic rings. The first-order valence-corrected chi connectivity index (χ1v) is 9.08. The summed E-state index contributed by atoms with van der Waals surface area (Å²) < 4.78 is 10.8. The number of rotatable bonds is 10. The number of benzene rings is 2. The Balaban J connectivity index is 1.74. The van der Waals surface area contributed by atoms with E-state index in [2.05, 4.69) is 0 Å². The summed E-state index contributed by atoms with van der Waals surface area (Å²) in [5.41, 5.74) is 1.44. The number of carbonyl (C=O) groups excluding carboxylic acids is 2. The Bertz CT molecular complexity index is 714. The molecule has 0 heterocycles. The number of carbonyl (C=O) groups is 2. The van der Waals surface area contributed by atoms with Crippen LogP contribution in [0.4, 0.5) is 0 Å². The predicted octanol–water partition coefficient (Wildman–Crippen LogP) is 3.40. The van der Waals surface area contributed by atoms with Gasteiger partial charge in [0, 0.05) is 12.5 Å². The lowest BCUT2D eigenvalue weighted by molar-refractivity contribution is -0.134. The fraction of sp³-hybridized carbons (Fsp3) is 0.364. The van der Waals surface area contributed by atoms with Gasteiger partial charge in [-0.25, -0.2) is 4.79 Å². The zero-order valence-corrected chi connectivity index (χ0v) is 15.7. The smallest absolute Gasteiger partial charge is 0.338 e. The third kappa shape index (κ3) is 6.62. The van der Waals surface area contributed by atoms with Gasteiger partial charge in [-0.3, -0.25) is 4.79 Å². The van der Waals surface area contributed by atoms with Gasteiger partial charge in [-0.1, -0.05) is 55.5 Å². The highest BCUT2D eigenvalue weighted by molar-refractivity contribution is 5.93. The fourth-order valence-corrected chi connectivity index (χ4v) is 2.64. The quantitative estimate of drug-likeness (QED) is 0.513. The molecule has 2 aromatic rings. The largest absolute Gasteiger partial charge is 0.451 e. The van der Waals surface area contributed by atoms with Gasteiger partial charge in [0.05, 0.1) is 18.3 Å². The molecule has 0 saturated heterocycles. The van der Waals surface area contributed by atoms with Gasteiger partial charge in [0.2, 0.25) is 0 Å². The molecule has 0 saturated carbocycles. The van der Waals surface area contributed by atoms with Crippen LogP contribution >= 0.6 is 0 Å². The van der Waals surface area contributed by atoms with Crippen LogP contribution in [0, 0.1) is 5.92 Å². The van der Waals surface area contributed by atoms with Crippen molar-refractivity contribution in [2.75, 3.05) is 6.61 Å².